The molecule has 1 rings (SSSR count). The molecule has 0 atom stereocenters. The summed E-state index contributed by atoms with van der Waals surface area (Å²) >= 11 is 3.21. The number of ether oxygens (including phenoxy) is 1. The molecule has 0 aliphatic carbocycles. The predicted molar refractivity (Wildman–Crippen MR) is 88.9 cm³/mol. The van der Waals surface area contributed by atoms with Crippen LogP contribution in [0.15, 0.2) is 10.4 Å². The molecule has 4 N–H and O–H groups in total. The van der Waals surface area contributed by atoms with Crippen molar-refractivity contribution in [3.63, 3.8) is 0 Å². The van der Waals surface area contributed by atoms with Gasteiger partial charge in [0.2, 0.25) is 5.91 Å². The van der Waals surface area contributed by atoms with Crippen molar-refractivity contribution >= 4 is 40.1 Å². The summed E-state index contributed by atoms with van der Waals surface area (Å²) in [5, 5.41) is 8.42. The smallest absolute Gasteiger partial charge is 0.216 e. The zero-order valence-electron chi connectivity index (χ0n) is 12.2. The van der Waals surface area contributed by atoms with Gasteiger partial charge in [0.15, 0.2) is 11.1 Å². The van der Waals surface area contributed by atoms with Crippen molar-refractivity contribution in [2.45, 2.75) is 12.7 Å². The maximum absolute atomic E-state index is 10.7. The number of thiazole rings is 1. The van der Waals surface area contributed by atoms with Crippen LogP contribution in [0, 0.1) is 0 Å². The van der Waals surface area contributed by atoms with Crippen LogP contribution in [0.4, 0.5) is 5.13 Å². The highest BCUT2D eigenvalue weighted by atomic mass is 32.2. The number of aromatic nitrogens is 1. The second-order valence-corrected chi connectivity index (χ2v) is 6.03. The number of rotatable bonds is 9. The van der Waals surface area contributed by atoms with E-state index in [1.165, 1.54) is 18.3 Å². The van der Waals surface area contributed by atoms with E-state index < -0.39 is 0 Å². The molecule has 0 saturated carbocycles. The lowest BCUT2D eigenvalue weighted by atomic mass is 10.6. The Kier molecular flexibility index (Phi) is 8.79. The molecular weight excluding hydrogens is 310 g/mol. The van der Waals surface area contributed by atoms with Crippen LogP contribution >= 0.6 is 23.1 Å². The molecular formula is C12H21N5O2S2. The van der Waals surface area contributed by atoms with Gasteiger partial charge in [0, 0.05) is 37.5 Å². The van der Waals surface area contributed by atoms with Crippen molar-refractivity contribution in [3.05, 3.63) is 11.1 Å². The highest BCUT2D eigenvalue weighted by Crippen LogP contribution is 2.19. The Morgan fingerprint density at radius 2 is 2.43 bits per heavy atom. The Morgan fingerprint density at radius 3 is 3.14 bits per heavy atom. The molecule has 1 aromatic heterocycles. The lowest BCUT2D eigenvalue weighted by molar-refractivity contribution is -0.118. The summed E-state index contributed by atoms with van der Waals surface area (Å²) in [6, 6.07) is 0. The molecule has 21 heavy (non-hydrogen) atoms. The Hall–Kier alpha value is -1.32. The van der Waals surface area contributed by atoms with E-state index in [9.17, 15) is 4.79 Å². The van der Waals surface area contributed by atoms with E-state index in [2.05, 4.69) is 20.6 Å². The first-order valence-electron chi connectivity index (χ1n) is 6.44. The van der Waals surface area contributed by atoms with E-state index in [1.54, 1.807) is 18.9 Å². The fourth-order valence-electron chi connectivity index (χ4n) is 1.31. The molecule has 1 heterocycles. The summed E-state index contributed by atoms with van der Waals surface area (Å²) in [6.45, 7) is 3.25. The molecule has 9 heteroatoms. The maximum Gasteiger partial charge on any atom is 0.216 e. The van der Waals surface area contributed by atoms with E-state index in [4.69, 9.17) is 10.5 Å². The summed E-state index contributed by atoms with van der Waals surface area (Å²) < 4.78 is 4.89. The van der Waals surface area contributed by atoms with Gasteiger partial charge in [0.05, 0.1) is 18.8 Å². The number of thioether (sulfide) groups is 1. The average Bonchev–Trinajstić information content (AvgIpc) is 2.86. The summed E-state index contributed by atoms with van der Waals surface area (Å²) in [7, 11) is 1.62. The zero-order valence-corrected chi connectivity index (χ0v) is 13.9. The van der Waals surface area contributed by atoms with E-state index in [1.807, 2.05) is 5.38 Å². The van der Waals surface area contributed by atoms with Gasteiger partial charge in [-0.2, -0.15) is 11.8 Å². The van der Waals surface area contributed by atoms with Crippen LogP contribution in [0.25, 0.3) is 0 Å². The Bertz CT molecular complexity index is 464. The summed E-state index contributed by atoms with van der Waals surface area (Å²) in [5.74, 6) is 2.00. The molecule has 118 valence electrons. The second-order valence-electron chi connectivity index (χ2n) is 4.06. The molecule has 0 radical (unpaired) electrons. The van der Waals surface area contributed by atoms with Gasteiger partial charge < -0.3 is 21.1 Å². The number of methoxy groups -OCH3 is 1. The standard InChI is InChI=1S/C12H21N5O2S2/c1-9(18)14-4-6-20-7-10-8-21-12(16-10)17-11(13)15-3-5-19-2/h8H,3-7H2,1-2H3,(H,14,18)(H3,13,15,16,17). The molecule has 0 bridgehead atoms. The van der Waals surface area contributed by atoms with Crippen LogP contribution < -0.4 is 16.4 Å². The van der Waals surface area contributed by atoms with Crippen molar-refractivity contribution in [2.75, 3.05) is 37.9 Å². The predicted octanol–water partition coefficient (Wildman–Crippen LogP) is 0.885. The number of guanidine groups is 1. The molecule has 0 aliphatic rings. The van der Waals surface area contributed by atoms with Gasteiger partial charge >= 0.3 is 0 Å². The lowest BCUT2D eigenvalue weighted by Gasteiger charge is -2.02. The number of amides is 1. The van der Waals surface area contributed by atoms with Gasteiger partial charge in [-0.25, -0.2) is 4.98 Å². The molecule has 0 spiro atoms. The van der Waals surface area contributed by atoms with Crippen molar-refractivity contribution in [2.24, 2.45) is 10.7 Å². The largest absolute Gasteiger partial charge is 0.383 e. The number of nitrogens with two attached hydrogens (primary N) is 1. The third-order valence-corrected chi connectivity index (χ3v) is 4.03. The molecule has 0 aliphatic heterocycles. The van der Waals surface area contributed by atoms with E-state index >= 15 is 0 Å². The lowest BCUT2D eigenvalue weighted by Crippen LogP contribution is -2.23. The third kappa shape index (κ3) is 8.53. The van der Waals surface area contributed by atoms with Crippen LogP contribution in [0.2, 0.25) is 0 Å². The molecule has 0 fully saturated rings. The first-order chi connectivity index (χ1) is 10.1. The number of carbonyl (C=O) groups excluding carboxylic acids is 1. The molecule has 0 saturated heterocycles. The number of carbonyl (C=O) groups is 1. The molecule has 0 unspecified atom stereocenters. The zero-order chi connectivity index (χ0) is 15.5. The first kappa shape index (κ1) is 17.7. The summed E-state index contributed by atoms with van der Waals surface area (Å²) in [6.07, 6.45) is 0. The fourth-order valence-corrected chi connectivity index (χ4v) is 2.88. The van der Waals surface area contributed by atoms with E-state index in [0.29, 0.717) is 25.7 Å². The highest BCUT2D eigenvalue weighted by Gasteiger charge is 2.03. The van der Waals surface area contributed by atoms with Crippen LogP contribution in [-0.4, -0.2) is 49.4 Å². The maximum atomic E-state index is 10.7. The van der Waals surface area contributed by atoms with E-state index in [0.717, 1.165) is 22.3 Å². The minimum absolute atomic E-state index is 0.000944. The topological polar surface area (TPSA) is 102 Å². The van der Waals surface area contributed by atoms with Crippen LogP contribution in [-0.2, 0) is 15.3 Å². The fraction of sp³-hybridized carbons (Fsp3) is 0.583. The Labute approximate surface area is 132 Å². The van der Waals surface area contributed by atoms with Gasteiger partial charge in [0.1, 0.15) is 0 Å². The van der Waals surface area contributed by atoms with Gasteiger partial charge in [-0.05, 0) is 0 Å². The Balaban J connectivity index is 2.26. The summed E-state index contributed by atoms with van der Waals surface area (Å²) in [5.41, 5.74) is 6.71. The first-order valence-corrected chi connectivity index (χ1v) is 8.47. The monoisotopic (exact) mass is 331 g/mol. The highest BCUT2D eigenvalue weighted by molar-refractivity contribution is 7.98. The minimum atomic E-state index is -0.000944. The minimum Gasteiger partial charge on any atom is -0.383 e. The number of hydrogen-bond acceptors (Lipinski definition) is 6. The third-order valence-electron chi connectivity index (χ3n) is 2.23. The summed E-state index contributed by atoms with van der Waals surface area (Å²) in [4.78, 5) is 19.2. The number of nitrogens with zero attached hydrogens (tertiary/aromatic N) is 2. The quantitative estimate of drug-likeness (QED) is 0.353. The van der Waals surface area contributed by atoms with Crippen LogP contribution in [0.5, 0.6) is 0 Å². The van der Waals surface area contributed by atoms with Gasteiger partial charge in [-0.1, -0.05) is 0 Å². The van der Waals surface area contributed by atoms with Crippen molar-refractivity contribution in [3.8, 4) is 0 Å². The SMILES string of the molecule is COCCN=C(N)Nc1nc(CSCCNC(C)=O)cs1. The second kappa shape index (κ2) is 10.4. The Morgan fingerprint density at radius 1 is 1.62 bits per heavy atom. The number of nitrogens with one attached hydrogen (secondary N) is 2. The van der Waals surface area contributed by atoms with Gasteiger partial charge in [-0.15, -0.1) is 11.3 Å². The number of hydrogen-bond donors (Lipinski definition) is 3. The van der Waals surface area contributed by atoms with Gasteiger partial charge in [-0.3, -0.25) is 9.79 Å². The van der Waals surface area contributed by atoms with Crippen molar-refractivity contribution in [1.29, 1.82) is 0 Å². The van der Waals surface area contributed by atoms with E-state index in [-0.39, 0.29) is 5.91 Å². The number of aliphatic imine (C=N–C) groups is 1. The van der Waals surface area contributed by atoms with Crippen molar-refractivity contribution in [1.82, 2.24) is 10.3 Å². The van der Waals surface area contributed by atoms with Crippen LogP contribution in [0.1, 0.15) is 12.6 Å². The molecule has 7 nitrogen and oxygen atoms in total. The van der Waals surface area contributed by atoms with Crippen LogP contribution in [0.3, 0.4) is 0 Å². The van der Waals surface area contributed by atoms with Crippen molar-refractivity contribution < 1.29 is 9.53 Å². The number of anilines is 1. The molecule has 1 aromatic rings. The van der Waals surface area contributed by atoms with Gasteiger partial charge in [0.25, 0.3) is 0 Å². The molecule has 1 amide bonds. The molecule has 0 aromatic carbocycles. The average molecular weight is 331 g/mol. The normalized spacial score (nSPS) is 11.4.